The van der Waals surface area contributed by atoms with Crippen LogP contribution in [0.2, 0.25) is 0 Å². The van der Waals surface area contributed by atoms with E-state index in [-0.39, 0.29) is 5.91 Å². The summed E-state index contributed by atoms with van der Waals surface area (Å²) >= 11 is 0. The number of H-pyrrole nitrogens is 1. The number of hydrogen-bond donors (Lipinski definition) is 1. The number of nitrogens with one attached hydrogen (secondary N) is 1. The van der Waals surface area contributed by atoms with Gasteiger partial charge in [-0.25, -0.2) is 0 Å². The Labute approximate surface area is 158 Å². The quantitative estimate of drug-likeness (QED) is 0.725. The predicted octanol–water partition coefficient (Wildman–Crippen LogP) is 3.79. The number of carbonyl (C=O) groups is 1. The molecule has 1 N–H and O–H groups in total. The fourth-order valence-corrected chi connectivity index (χ4v) is 3.20. The maximum atomic E-state index is 13.2. The Morgan fingerprint density at radius 3 is 2.59 bits per heavy atom. The van der Waals surface area contributed by atoms with Gasteiger partial charge in [0.2, 0.25) is 5.82 Å². The number of aromatic amines is 1. The van der Waals surface area contributed by atoms with Crippen LogP contribution in [-0.2, 0) is 6.54 Å². The average Bonchev–Trinajstić information content (AvgIpc) is 3.38. The number of carbonyl (C=O) groups excluding carboxylic acids is 1. The zero-order chi connectivity index (χ0) is 18.8. The molecule has 1 saturated carbocycles. The minimum absolute atomic E-state index is 0.0516. The Morgan fingerprint density at radius 2 is 1.96 bits per heavy atom. The molecule has 4 rings (SSSR count). The molecule has 1 aliphatic rings. The molecule has 0 bridgehead atoms. The fourth-order valence-electron chi connectivity index (χ4n) is 3.20. The van der Waals surface area contributed by atoms with E-state index in [0.29, 0.717) is 29.9 Å². The van der Waals surface area contributed by atoms with Crippen LogP contribution in [0.4, 0.5) is 0 Å². The van der Waals surface area contributed by atoms with Crippen LogP contribution in [-0.4, -0.2) is 37.5 Å². The molecule has 0 aliphatic heterocycles. The summed E-state index contributed by atoms with van der Waals surface area (Å²) in [6.45, 7) is 5.01. The molecule has 0 unspecified atom stereocenters. The lowest BCUT2D eigenvalue weighted by Crippen LogP contribution is -2.32. The zero-order valence-corrected chi connectivity index (χ0v) is 15.6. The molecule has 1 aliphatic carbocycles. The first-order chi connectivity index (χ1) is 13.1. The summed E-state index contributed by atoms with van der Waals surface area (Å²) < 4.78 is 0. The number of amides is 1. The fraction of sp³-hybridized carbons (Fsp3) is 0.333. The minimum Gasteiger partial charge on any atom is -0.331 e. The Hall–Kier alpha value is -3.02. The van der Waals surface area contributed by atoms with Crippen molar-refractivity contribution in [3.05, 3.63) is 65.2 Å². The molecule has 138 valence electrons. The monoisotopic (exact) mass is 361 g/mol. The third kappa shape index (κ3) is 3.89. The van der Waals surface area contributed by atoms with Crippen molar-refractivity contribution in [3.8, 4) is 11.4 Å². The average molecular weight is 361 g/mol. The molecule has 1 fully saturated rings. The number of aromatic nitrogens is 4. The highest BCUT2D eigenvalue weighted by molar-refractivity contribution is 5.95. The van der Waals surface area contributed by atoms with Crippen molar-refractivity contribution in [3.63, 3.8) is 0 Å². The molecule has 6 nitrogen and oxygen atoms in total. The number of rotatable bonds is 6. The molecule has 0 atom stereocenters. The van der Waals surface area contributed by atoms with Gasteiger partial charge >= 0.3 is 0 Å². The van der Waals surface area contributed by atoms with E-state index in [2.05, 4.69) is 58.7 Å². The number of hydrogen-bond acceptors (Lipinski definition) is 4. The van der Waals surface area contributed by atoms with Crippen molar-refractivity contribution in [1.82, 2.24) is 25.5 Å². The molecule has 0 saturated heterocycles. The van der Waals surface area contributed by atoms with Gasteiger partial charge in [0, 0.05) is 23.7 Å². The van der Waals surface area contributed by atoms with Crippen LogP contribution in [0.1, 0.15) is 54.1 Å². The molecule has 1 aromatic heterocycles. The van der Waals surface area contributed by atoms with Crippen molar-refractivity contribution >= 4 is 5.91 Å². The lowest BCUT2D eigenvalue weighted by molar-refractivity contribution is 0.0730. The molecule has 0 spiro atoms. The normalized spacial score (nSPS) is 13.7. The molecule has 27 heavy (non-hydrogen) atoms. The number of tetrazole rings is 1. The largest absolute Gasteiger partial charge is 0.331 e. The van der Waals surface area contributed by atoms with E-state index >= 15 is 0 Å². The topological polar surface area (TPSA) is 74.8 Å². The molecular formula is C21H23N5O. The van der Waals surface area contributed by atoms with Crippen molar-refractivity contribution in [1.29, 1.82) is 0 Å². The van der Waals surface area contributed by atoms with Crippen LogP contribution in [0.25, 0.3) is 11.4 Å². The second-order valence-corrected chi connectivity index (χ2v) is 7.38. The van der Waals surface area contributed by atoms with Crippen LogP contribution < -0.4 is 0 Å². The van der Waals surface area contributed by atoms with Crippen LogP contribution in [0, 0.1) is 0 Å². The molecule has 1 heterocycles. The standard InChI is InChI=1S/C21H23N5O/c1-14(2)16-8-6-15(7-9-16)13-26(19-10-11-19)21(27)18-5-3-4-17(12-18)20-22-24-25-23-20/h3-9,12,14,19H,10-11,13H2,1-2H3,(H,22,23,24,25). The molecule has 1 amide bonds. The summed E-state index contributed by atoms with van der Waals surface area (Å²) in [5.41, 5.74) is 3.92. The van der Waals surface area contributed by atoms with Gasteiger partial charge in [-0.3, -0.25) is 4.79 Å². The van der Waals surface area contributed by atoms with Gasteiger partial charge in [-0.2, -0.15) is 5.21 Å². The van der Waals surface area contributed by atoms with Gasteiger partial charge in [-0.1, -0.05) is 50.2 Å². The van der Waals surface area contributed by atoms with Gasteiger partial charge in [-0.15, -0.1) is 10.2 Å². The molecule has 3 aromatic rings. The minimum atomic E-state index is 0.0516. The first-order valence-corrected chi connectivity index (χ1v) is 9.35. The summed E-state index contributed by atoms with van der Waals surface area (Å²) in [6.07, 6.45) is 2.14. The first-order valence-electron chi connectivity index (χ1n) is 9.35. The van der Waals surface area contributed by atoms with E-state index in [9.17, 15) is 4.79 Å². The highest BCUT2D eigenvalue weighted by atomic mass is 16.2. The zero-order valence-electron chi connectivity index (χ0n) is 15.6. The van der Waals surface area contributed by atoms with E-state index in [4.69, 9.17) is 0 Å². The van der Waals surface area contributed by atoms with Gasteiger partial charge in [0.15, 0.2) is 0 Å². The summed E-state index contributed by atoms with van der Waals surface area (Å²) in [4.78, 5) is 15.2. The Balaban J connectivity index is 1.55. The Bertz CT molecular complexity index is 914. The van der Waals surface area contributed by atoms with Crippen LogP contribution in [0.5, 0.6) is 0 Å². The third-order valence-corrected chi connectivity index (χ3v) is 4.96. The summed E-state index contributed by atoms with van der Waals surface area (Å²) in [5.74, 6) is 1.05. The second-order valence-electron chi connectivity index (χ2n) is 7.38. The van der Waals surface area contributed by atoms with E-state index in [1.165, 1.54) is 5.56 Å². The summed E-state index contributed by atoms with van der Waals surface area (Å²) in [6, 6.07) is 16.3. The van der Waals surface area contributed by atoms with Crippen molar-refractivity contribution in [2.24, 2.45) is 0 Å². The lowest BCUT2D eigenvalue weighted by atomic mass is 10.0. The molecule has 2 aromatic carbocycles. The van der Waals surface area contributed by atoms with Gasteiger partial charge in [0.05, 0.1) is 0 Å². The van der Waals surface area contributed by atoms with Crippen LogP contribution in [0.3, 0.4) is 0 Å². The van der Waals surface area contributed by atoms with E-state index in [1.54, 1.807) is 0 Å². The van der Waals surface area contributed by atoms with Crippen molar-refractivity contribution < 1.29 is 4.79 Å². The highest BCUT2D eigenvalue weighted by Gasteiger charge is 2.33. The van der Waals surface area contributed by atoms with Gasteiger partial charge < -0.3 is 4.90 Å². The molecular weight excluding hydrogens is 338 g/mol. The van der Waals surface area contributed by atoms with Gasteiger partial charge in [0.1, 0.15) is 0 Å². The Kier molecular flexibility index (Phi) is 4.71. The van der Waals surface area contributed by atoms with Crippen LogP contribution >= 0.6 is 0 Å². The molecule has 6 heteroatoms. The maximum absolute atomic E-state index is 13.2. The summed E-state index contributed by atoms with van der Waals surface area (Å²) in [5, 5.41) is 14.0. The van der Waals surface area contributed by atoms with E-state index in [0.717, 1.165) is 24.0 Å². The predicted molar refractivity (Wildman–Crippen MR) is 103 cm³/mol. The molecule has 0 radical (unpaired) electrons. The number of benzene rings is 2. The van der Waals surface area contributed by atoms with Crippen LogP contribution in [0.15, 0.2) is 48.5 Å². The van der Waals surface area contributed by atoms with E-state index < -0.39 is 0 Å². The Morgan fingerprint density at radius 1 is 1.19 bits per heavy atom. The lowest BCUT2D eigenvalue weighted by Gasteiger charge is -2.23. The number of nitrogens with zero attached hydrogens (tertiary/aromatic N) is 4. The van der Waals surface area contributed by atoms with Gasteiger partial charge in [-0.05, 0) is 47.2 Å². The third-order valence-electron chi connectivity index (χ3n) is 4.96. The highest BCUT2D eigenvalue weighted by Crippen LogP contribution is 2.30. The smallest absolute Gasteiger partial charge is 0.254 e. The van der Waals surface area contributed by atoms with Gasteiger partial charge in [0.25, 0.3) is 5.91 Å². The summed E-state index contributed by atoms with van der Waals surface area (Å²) in [7, 11) is 0. The van der Waals surface area contributed by atoms with E-state index in [1.807, 2.05) is 29.2 Å². The second kappa shape index (κ2) is 7.31. The van der Waals surface area contributed by atoms with Crippen molar-refractivity contribution in [2.45, 2.75) is 45.2 Å². The first kappa shape index (κ1) is 17.4. The van der Waals surface area contributed by atoms with Crippen molar-refractivity contribution in [2.75, 3.05) is 0 Å². The maximum Gasteiger partial charge on any atom is 0.254 e. The SMILES string of the molecule is CC(C)c1ccc(CN(C(=O)c2cccc(-c3nn[nH]n3)c2)C2CC2)cc1.